The highest BCUT2D eigenvalue weighted by Gasteiger charge is 2.26. The average Bonchev–Trinajstić information content (AvgIpc) is 3.18. The molecule has 4 unspecified atom stereocenters. The number of hydrogen-bond donors (Lipinski definition) is 4. The van der Waals surface area contributed by atoms with Crippen molar-refractivity contribution in [1.82, 2.24) is 0 Å². The molecule has 0 aromatic heterocycles. The van der Waals surface area contributed by atoms with Crippen molar-refractivity contribution in [2.45, 2.75) is 34.2 Å². The van der Waals surface area contributed by atoms with Gasteiger partial charge in [-0.2, -0.15) is 0 Å². The molecular weight excluding hydrogens is 716 g/mol. The van der Waals surface area contributed by atoms with Crippen molar-refractivity contribution < 1.29 is 67.0 Å². The first-order valence-corrected chi connectivity index (χ1v) is 17.5. The van der Waals surface area contributed by atoms with Gasteiger partial charge < -0.3 is 49.2 Å². The Morgan fingerprint density at radius 1 is 0.509 bits per heavy atom. The Labute approximate surface area is 307 Å². The van der Waals surface area contributed by atoms with E-state index in [0.29, 0.717) is 11.4 Å². The second kappa shape index (κ2) is 21.9. The molecular formula is C36H44N2O14S. The average molecular weight is 761 g/mol. The van der Waals surface area contributed by atoms with Crippen LogP contribution in [0.3, 0.4) is 0 Å². The quantitative estimate of drug-likeness (QED) is 0.0649. The largest absolute Gasteiger partial charge is 0.455 e. The predicted molar refractivity (Wildman–Crippen MR) is 191 cm³/mol. The van der Waals surface area contributed by atoms with Gasteiger partial charge >= 0.3 is 23.9 Å². The lowest BCUT2D eigenvalue weighted by atomic mass is 10.2. The number of benzene rings is 2. The first kappa shape index (κ1) is 43.8. The number of carbonyl (C=O) groups is 4. The molecule has 0 aliphatic carbocycles. The number of aliphatic hydroxyl groups is 4. The van der Waals surface area contributed by atoms with Gasteiger partial charge in [0.25, 0.3) is 0 Å². The van der Waals surface area contributed by atoms with Crippen molar-refractivity contribution in [3.05, 3.63) is 99.2 Å². The lowest BCUT2D eigenvalue weighted by Gasteiger charge is -2.31. The SMILES string of the molecule is C=CC(=O)OC(CO)CN(CC(CO)OC(=O)C=C)c1ccc(S(=O)(=O)c2ccc(N(CC(CO)OC(=O)C=C)CC(CO)OC(=O)C=C)cc2)cc1. The number of carbonyl (C=O) groups excluding carboxylic acids is 4. The standard InChI is InChI=1S/C36H44N2O14S/c1-5-33(43)49-27(21-39)17-37(18-28(22-40)50-34(44)6-2)25-9-13-31(14-10-25)53(47,48)32-15-11-26(12-16-32)38(19-29(23-41)51-35(45)7-3)20-30(24-42)52-36(46)8-4/h5-16,27-30,39-42H,1-4,17-24H2. The molecule has 16 nitrogen and oxygen atoms in total. The molecule has 4 N–H and O–H groups in total. The molecule has 0 aliphatic rings. The minimum Gasteiger partial charge on any atom is -0.455 e. The molecule has 2 rings (SSSR count). The predicted octanol–water partition coefficient (Wildman–Crippen LogP) is 0.493. The molecule has 53 heavy (non-hydrogen) atoms. The van der Waals surface area contributed by atoms with Crippen LogP contribution in [0.25, 0.3) is 0 Å². The third kappa shape index (κ3) is 13.6. The number of anilines is 2. The van der Waals surface area contributed by atoms with Crippen LogP contribution in [0.1, 0.15) is 0 Å². The van der Waals surface area contributed by atoms with Crippen molar-refractivity contribution in [3.8, 4) is 0 Å². The molecule has 0 heterocycles. The Balaban J connectivity index is 2.44. The van der Waals surface area contributed by atoms with E-state index in [4.69, 9.17) is 18.9 Å². The fourth-order valence-corrected chi connectivity index (χ4v) is 6.00. The van der Waals surface area contributed by atoms with Gasteiger partial charge in [0, 0.05) is 35.7 Å². The van der Waals surface area contributed by atoms with Gasteiger partial charge in [-0.3, -0.25) is 0 Å². The van der Waals surface area contributed by atoms with Crippen LogP contribution in [0.5, 0.6) is 0 Å². The minimum atomic E-state index is -4.13. The number of ether oxygens (including phenoxy) is 4. The van der Waals surface area contributed by atoms with Gasteiger partial charge in [0.05, 0.1) is 62.4 Å². The molecule has 0 saturated carbocycles. The summed E-state index contributed by atoms with van der Waals surface area (Å²) in [7, 11) is -4.13. The van der Waals surface area contributed by atoms with E-state index >= 15 is 0 Å². The summed E-state index contributed by atoms with van der Waals surface area (Å²) >= 11 is 0. The number of hydrogen-bond acceptors (Lipinski definition) is 16. The Morgan fingerprint density at radius 3 is 0.925 bits per heavy atom. The third-order valence-corrected chi connectivity index (χ3v) is 9.12. The van der Waals surface area contributed by atoms with Crippen LogP contribution in [0.4, 0.5) is 11.4 Å². The van der Waals surface area contributed by atoms with Crippen LogP contribution < -0.4 is 9.80 Å². The van der Waals surface area contributed by atoms with Gasteiger partial charge in [-0.25, -0.2) is 27.6 Å². The maximum Gasteiger partial charge on any atom is 0.330 e. The normalized spacial score (nSPS) is 13.2. The molecule has 4 atom stereocenters. The van der Waals surface area contributed by atoms with Crippen LogP contribution >= 0.6 is 0 Å². The van der Waals surface area contributed by atoms with Gasteiger partial charge in [-0.1, -0.05) is 26.3 Å². The summed E-state index contributed by atoms with van der Waals surface area (Å²) in [6.07, 6.45) is -0.617. The van der Waals surface area contributed by atoms with Gasteiger partial charge in [0.2, 0.25) is 9.84 Å². The van der Waals surface area contributed by atoms with E-state index in [2.05, 4.69) is 26.3 Å². The van der Waals surface area contributed by atoms with E-state index in [-0.39, 0.29) is 36.0 Å². The smallest absolute Gasteiger partial charge is 0.330 e. The monoisotopic (exact) mass is 760 g/mol. The zero-order valence-electron chi connectivity index (χ0n) is 28.9. The zero-order valence-corrected chi connectivity index (χ0v) is 29.7. The molecule has 0 amide bonds. The highest BCUT2D eigenvalue weighted by atomic mass is 32.2. The molecule has 17 heteroatoms. The van der Waals surface area contributed by atoms with Crippen LogP contribution in [0, 0.1) is 0 Å². The molecule has 0 aliphatic heterocycles. The summed E-state index contributed by atoms with van der Waals surface area (Å²) in [5.41, 5.74) is 0.727. The van der Waals surface area contributed by atoms with Gasteiger partial charge in [-0.05, 0) is 48.5 Å². The van der Waals surface area contributed by atoms with E-state index < -0.39 is 84.6 Å². The Hall–Kier alpha value is -5.33. The fourth-order valence-electron chi connectivity index (χ4n) is 4.74. The molecule has 0 radical (unpaired) electrons. The first-order chi connectivity index (χ1) is 25.3. The lowest BCUT2D eigenvalue weighted by Crippen LogP contribution is -2.43. The van der Waals surface area contributed by atoms with E-state index in [9.17, 15) is 48.0 Å². The maximum atomic E-state index is 13.7. The van der Waals surface area contributed by atoms with Crippen molar-refractivity contribution in [3.63, 3.8) is 0 Å². The van der Waals surface area contributed by atoms with Crippen LogP contribution in [0.2, 0.25) is 0 Å². The van der Waals surface area contributed by atoms with E-state index in [1.165, 1.54) is 58.3 Å². The molecule has 2 aromatic rings. The summed E-state index contributed by atoms with van der Waals surface area (Å²) in [5.74, 6) is -3.20. The number of aliphatic hydroxyl groups excluding tert-OH is 4. The third-order valence-electron chi connectivity index (χ3n) is 7.33. The van der Waals surface area contributed by atoms with Gasteiger partial charge in [0.15, 0.2) is 0 Å². The second-order valence-corrected chi connectivity index (χ2v) is 13.0. The second-order valence-electron chi connectivity index (χ2n) is 11.1. The minimum absolute atomic E-state index is 0.118. The molecule has 0 saturated heterocycles. The Kier molecular flexibility index (Phi) is 18.1. The number of esters is 4. The molecule has 0 spiro atoms. The molecule has 288 valence electrons. The summed E-state index contributed by atoms with van der Waals surface area (Å²) in [4.78, 5) is 50.0. The van der Waals surface area contributed by atoms with E-state index in [1.807, 2.05) is 0 Å². The first-order valence-electron chi connectivity index (χ1n) is 16.0. The summed E-state index contributed by atoms with van der Waals surface area (Å²) in [6.45, 7) is 10.4. The Bertz CT molecular complexity index is 1500. The molecule has 2 aromatic carbocycles. The lowest BCUT2D eigenvalue weighted by molar-refractivity contribution is -0.146. The highest BCUT2D eigenvalue weighted by Crippen LogP contribution is 2.27. The number of rotatable bonds is 24. The zero-order chi connectivity index (χ0) is 39.6. The molecule has 0 fully saturated rings. The van der Waals surface area contributed by atoms with Crippen molar-refractivity contribution in [2.75, 3.05) is 62.4 Å². The van der Waals surface area contributed by atoms with Crippen LogP contribution in [-0.2, 0) is 48.0 Å². The van der Waals surface area contributed by atoms with Crippen molar-refractivity contribution >= 4 is 45.1 Å². The van der Waals surface area contributed by atoms with Crippen LogP contribution in [0.15, 0.2) is 109 Å². The van der Waals surface area contributed by atoms with Crippen molar-refractivity contribution in [2.24, 2.45) is 0 Å². The van der Waals surface area contributed by atoms with E-state index in [1.54, 1.807) is 0 Å². The van der Waals surface area contributed by atoms with Crippen LogP contribution in [-0.4, -0.2) is 130 Å². The fraction of sp³-hybridized carbons (Fsp3) is 0.333. The Morgan fingerprint density at radius 2 is 0.736 bits per heavy atom. The maximum absolute atomic E-state index is 13.7. The van der Waals surface area contributed by atoms with Gasteiger partial charge in [-0.15, -0.1) is 0 Å². The summed E-state index contributed by atoms with van der Waals surface area (Å²) in [5, 5.41) is 39.3. The summed E-state index contributed by atoms with van der Waals surface area (Å²) in [6, 6.07) is 11.0. The van der Waals surface area contributed by atoms with Crippen molar-refractivity contribution in [1.29, 1.82) is 0 Å². The highest BCUT2D eigenvalue weighted by molar-refractivity contribution is 7.91. The number of nitrogens with zero attached hydrogens (tertiary/aromatic N) is 2. The number of sulfone groups is 1. The topological polar surface area (TPSA) is 227 Å². The van der Waals surface area contributed by atoms with E-state index in [0.717, 1.165) is 24.3 Å². The van der Waals surface area contributed by atoms with Gasteiger partial charge in [0.1, 0.15) is 24.4 Å². The molecule has 0 bridgehead atoms. The summed E-state index contributed by atoms with van der Waals surface area (Å²) < 4.78 is 48.0.